The van der Waals surface area contributed by atoms with Gasteiger partial charge in [-0.1, -0.05) is 6.92 Å². The molecule has 0 bridgehead atoms. The fraction of sp³-hybridized carbons (Fsp3) is 0.769. The molecule has 0 heterocycles. The maximum absolute atomic E-state index is 11.6. The van der Waals surface area contributed by atoms with E-state index in [0.29, 0.717) is 18.9 Å². The molecule has 1 rings (SSSR count). The molecule has 17 heavy (non-hydrogen) atoms. The highest BCUT2D eigenvalue weighted by molar-refractivity contribution is 5.93. The molecule has 0 saturated heterocycles. The number of carbonyl (C=O) groups excluding carboxylic acids is 3. The van der Waals surface area contributed by atoms with Crippen LogP contribution in [0.2, 0.25) is 0 Å². The van der Waals surface area contributed by atoms with E-state index in [-0.39, 0.29) is 17.7 Å². The van der Waals surface area contributed by atoms with Crippen LogP contribution in [0.25, 0.3) is 0 Å². The van der Waals surface area contributed by atoms with Crippen molar-refractivity contribution in [3.05, 3.63) is 0 Å². The van der Waals surface area contributed by atoms with E-state index in [1.807, 2.05) is 0 Å². The Morgan fingerprint density at radius 2 is 1.82 bits per heavy atom. The molecule has 0 aliphatic heterocycles. The Bertz CT molecular complexity index is 293. The van der Waals surface area contributed by atoms with Gasteiger partial charge in [0, 0.05) is 25.8 Å². The summed E-state index contributed by atoms with van der Waals surface area (Å²) in [6.07, 6.45) is 5.04. The van der Waals surface area contributed by atoms with Crippen LogP contribution in [0.15, 0.2) is 0 Å². The molecule has 1 aliphatic carbocycles. The number of imide groups is 1. The van der Waals surface area contributed by atoms with Gasteiger partial charge in [-0.15, -0.1) is 0 Å². The first kappa shape index (κ1) is 13.9. The van der Waals surface area contributed by atoms with Gasteiger partial charge in [0.25, 0.3) is 0 Å². The SMILES string of the molecule is CCC(=O)N(CC1CCC(C=O)CC1)C(C)=O. The monoisotopic (exact) mass is 239 g/mol. The summed E-state index contributed by atoms with van der Waals surface area (Å²) in [7, 11) is 0. The Labute approximate surface area is 102 Å². The number of hydrogen-bond donors (Lipinski definition) is 0. The molecule has 0 aromatic heterocycles. The van der Waals surface area contributed by atoms with Crippen molar-refractivity contribution in [2.24, 2.45) is 11.8 Å². The van der Waals surface area contributed by atoms with E-state index in [4.69, 9.17) is 0 Å². The summed E-state index contributed by atoms with van der Waals surface area (Å²) in [6, 6.07) is 0. The van der Waals surface area contributed by atoms with Crippen molar-refractivity contribution >= 4 is 18.1 Å². The van der Waals surface area contributed by atoms with Gasteiger partial charge in [0.1, 0.15) is 6.29 Å². The Hall–Kier alpha value is -1.19. The fourth-order valence-corrected chi connectivity index (χ4v) is 2.36. The molecule has 1 fully saturated rings. The lowest BCUT2D eigenvalue weighted by Crippen LogP contribution is -2.39. The van der Waals surface area contributed by atoms with Crippen LogP contribution in [0.1, 0.15) is 46.0 Å². The summed E-state index contributed by atoms with van der Waals surface area (Å²) < 4.78 is 0. The zero-order chi connectivity index (χ0) is 12.8. The van der Waals surface area contributed by atoms with Crippen molar-refractivity contribution < 1.29 is 14.4 Å². The van der Waals surface area contributed by atoms with E-state index in [9.17, 15) is 14.4 Å². The van der Waals surface area contributed by atoms with Gasteiger partial charge in [0.2, 0.25) is 11.8 Å². The summed E-state index contributed by atoms with van der Waals surface area (Å²) in [5.74, 6) is 0.272. The summed E-state index contributed by atoms with van der Waals surface area (Å²) in [6.45, 7) is 3.72. The van der Waals surface area contributed by atoms with Crippen LogP contribution in [0.5, 0.6) is 0 Å². The number of amides is 2. The van der Waals surface area contributed by atoms with Gasteiger partial charge in [-0.05, 0) is 31.6 Å². The van der Waals surface area contributed by atoms with Crippen molar-refractivity contribution in [2.45, 2.75) is 46.0 Å². The number of hydrogen-bond acceptors (Lipinski definition) is 3. The topological polar surface area (TPSA) is 54.5 Å². The molecule has 0 aromatic carbocycles. The Morgan fingerprint density at radius 1 is 1.24 bits per heavy atom. The summed E-state index contributed by atoms with van der Waals surface area (Å²) in [5.41, 5.74) is 0. The van der Waals surface area contributed by atoms with E-state index in [2.05, 4.69) is 0 Å². The second-order valence-corrected chi connectivity index (χ2v) is 4.79. The Morgan fingerprint density at radius 3 is 2.24 bits per heavy atom. The fourth-order valence-electron chi connectivity index (χ4n) is 2.36. The summed E-state index contributed by atoms with van der Waals surface area (Å²) in [5, 5.41) is 0. The highest BCUT2D eigenvalue weighted by Gasteiger charge is 2.25. The van der Waals surface area contributed by atoms with E-state index in [1.165, 1.54) is 11.8 Å². The lowest BCUT2D eigenvalue weighted by atomic mass is 9.82. The van der Waals surface area contributed by atoms with Gasteiger partial charge < -0.3 is 4.79 Å². The van der Waals surface area contributed by atoms with Crippen LogP contribution >= 0.6 is 0 Å². The molecule has 4 nitrogen and oxygen atoms in total. The third kappa shape index (κ3) is 3.95. The number of aldehydes is 1. The zero-order valence-electron chi connectivity index (χ0n) is 10.6. The average molecular weight is 239 g/mol. The van der Waals surface area contributed by atoms with Gasteiger partial charge in [0.05, 0.1) is 0 Å². The minimum Gasteiger partial charge on any atom is -0.303 e. The molecule has 0 aromatic rings. The van der Waals surface area contributed by atoms with Gasteiger partial charge in [-0.3, -0.25) is 14.5 Å². The molecule has 0 radical (unpaired) electrons. The van der Waals surface area contributed by atoms with Crippen molar-refractivity contribution in [3.8, 4) is 0 Å². The second kappa shape index (κ2) is 6.52. The van der Waals surface area contributed by atoms with Crippen LogP contribution in [0, 0.1) is 11.8 Å². The zero-order valence-corrected chi connectivity index (χ0v) is 10.6. The highest BCUT2D eigenvalue weighted by atomic mass is 16.2. The summed E-state index contributed by atoms with van der Waals surface area (Å²) in [4.78, 5) is 35.0. The Kier molecular flexibility index (Phi) is 5.32. The third-order valence-corrected chi connectivity index (χ3v) is 3.51. The lowest BCUT2D eigenvalue weighted by molar-refractivity contribution is -0.144. The molecule has 1 aliphatic rings. The smallest absolute Gasteiger partial charge is 0.228 e. The van der Waals surface area contributed by atoms with Crippen molar-refractivity contribution in [2.75, 3.05) is 6.54 Å². The van der Waals surface area contributed by atoms with Crippen LogP contribution in [-0.2, 0) is 14.4 Å². The normalized spacial score (nSPS) is 24.1. The molecular weight excluding hydrogens is 218 g/mol. The van der Waals surface area contributed by atoms with E-state index >= 15 is 0 Å². The molecule has 0 atom stereocenters. The molecule has 96 valence electrons. The summed E-state index contributed by atoms with van der Waals surface area (Å²) >= 11 is 0. The standard InChI is InChI=1S/C13H21NO3/c1-3-13(17)14(10(2)16)8-11-4-6-12(9-15)7-5-11/h9,11-12H,3-8H2,1-2H3. The molecule has 2 amide bonds. The predicted molar refractivity (Wildman–Crippen MR) is 64.2 cm³/mol. The average Bonchev–Trinajstić information content (AvgIpc) is 2.35. The molecule has 4 heteroatoms. The maximum Gasteiger partial charge on any atom is 0.228 e. The first-order valence-electron chi connectivity index (χ1n) is 6.34. The van der Waals surface area contributed by atoms with E-state index in [0.717, 1.165) is 32.0 Å². The van der Waals surface area contributed by atoms with Crippen molar-refractivity contribution in [3.63, 3.8) is 0 Å². The minimum absolute atomic E-state index is 0.102. The number of carbonyl (C=O) groups is 3. The third-order valence-electron chi connectivity index (χ3n) is 3.51. The number of nitrogens with zero attached hydrogens (tertiary/aromatic N) is 1. The van der Waals surface area contributed by atoms with Crippen molar-refractivity contribution in [1.29, 1.82) is 0 Å². The van der Waals surface area contributed by atoms with Crippen molar-refractivity contribution in [1.82, 2.24) is 4.90 Å². The number of rotatable bonds is 4. The molecule has 1 saturated carbocycles. The lowest BCUT2D eigenvalue weighted by Gasteiger charge is -2.29. The van der Waals surface area contributed by atoms with Crippen LogP contribution < -0.4 is 0 Å². The Balaban J connectivity index is 2.49. The predicted octanol–water partition coefficient (Wildman–Crippen LogP) is 1.78. The van der Waals surface area contributed by atoms with Gasteiger partial charge in [0.15, 0.2) is 0 Å². The van der Waals surface area contributed by atoms with Crippen LogP contribution in [0.4, 0.5) is 0 Å². The van der Waals surface area contributed by atoms with E-state index in [1.54, 1.807) is 6.92 Å². The highest BCUT2D eigenvalue weighted by Crippen LogP contribution is 2.28. The molecule has 0 spiro atoms. The first-order valence-corrected chi connectivity index (χ1v) is 6.34. The first-order chi connectivity index (χ1) is 8.08. The largest absolute Gasteiger partial charge is 0.303 e. The van der Waals surface area contributed by atoms with Gasteiger partial charge in [-0.25, -0.2) is 0 Å². The molecule has 0 unspecified atom stereocenters. The molecular formula is C13H21NO3. The quantitative estimate of drug-likeness (QED) is 0.703. The molecule has 0 N–H and O–H groups in total. The van der Waals surface area contributed by atoms with Gasteiger partial charge in [-0.2, -0.15) is 0 Å². The van der Waals surface area contributed by atoms with E-state index < -0.39 is 0 Å². The maximum atomic E-state index is 11.6. The second-order valence-electron chi connectivity index (χ2n) is 4.79. The van der Waals surface area contributed by atoms with Gasteiger partial charge >= 0.3 is 0 Å². The van der Waals surface area contributed by atoms with Crippen LogP contribution in [0.3, 0.4) is 0 Å². The minimum atomic E-state index is -0.172. The van der Waals surface area contributed by atoms with Crippen LogP contribution in [-0.4, -0.2) is 29.5 Å².